The smallest absolute Gasteiger partial charge is 0.149 e. The van der Waals surface area contributed by atoms with Crippen LogP contribution in [-0.4, -0.2) is 30.6 Å². The van der Waals surface area contributed by atoms with Gasteiger partial charge in [0, 0.05) is 6.61 Å². The monoisotopic (exact) mass is 120 g/mol. The Morgan fingerprint density at radius 1 is 1.62 bits per heavy atom. The van der Waals surface area contributed by atoms with Crippen molar-refractivity contribution in [3.63, 3.8) is 0 Å². The molecule has 1 heterocycles. The van der Waals surface area contributed by atoms with E-state index in [2.05, 4.69) is 0 Å². The summed E-state index contributed by atoms with van der Waals surface area (Å²) in [6.45, 7) is 0.544. The third-order valence-corrected chi connectivity index (χ3v) is 1.25. The van der Waals surface area contributed by atoms with Crippen LogP contribution < -0.4 is 0 Å². The predicted octanol–water partition coefficient (Wildman–Crippen LogP) is 0.106. The fourth-order valence-electron chi connectivity index (χ4n) is 0.692. The summed E-state index contributed by atoms with van der Waals surface area (Å²) in [7, 11) is 0. The van der Waals surface area contributed by atoms with E-state index in [0.29, 0.717) is 13.0 Å². The van der Waals surface area contributed by atoms with Crippen LogP contribution in [0.15, 0.2) is 0 Å². The van der Waals surface area contributed by atoms with Gasteiger partial charge in [0.2, 0.25) is 0 Å². The maximum Gasteiger partial charge on any atom is 0.149 e. The summed E-state index contributed by atoms with van der Waals surface area (Å²) in [5, 5.41) is 8.72. The first kappa shape index (κ1) is 5.98. The molecule has 0 aromatic heterocycles. The molecule has 0 amide bonds. The van der Waals surface area contributed by atoms with Crippen molar-refractivity contribution in [2.24, 2.45) is 0 Å². The van der Waals surface area contributed by atoms with E-state index in [1.165, 1.54) is 0 Å². The van der Waals surface area contributed by atoms with Gasteiger partial charge < -0.3 is 9.84 Å². The molecule has 1 aliphatic heterocycles. The molecule has 0 bridgehead atoms. The molecule has 1 unspecified atom stereocenters. The zero-order valence-corrected chi connectivity index (χ0v) is 4.51. The van der Waals surface area contributed by atoms with Crippen LogP contribution in [0.3, 0.4) is 0 Å². The average molecular weight is 120 g/mol. The van der Waals surface area contributed by atoms with Crippen LogP contribution in [-0.2, 0) is 4.74 Å². The lowest BCUT2D eigenvalue weighted by molar-refractivity contribution is -0.0493. The van der Waals surface area contributed by atoms with E-state index in [1.807, 2.05) is 0 Å². The molecular formula is C5H9FO2. The fourth-order valence-corrected chi connectivity index (χ4v) is 0.692. The number of ether oxygens (including phenoxy) is 1. The minimum absolute atomic E-state index is 0.0567. The number of aliphatic hydroxyl groups is 1. The Morgan fingerprint density at radius 2 is 2.38 bits per heavy atom. The summed E-state index contributed by atoms with van der Waals surface area (Å²) in [5.41, 5.74) is 0. The van der Waals surface area contributed by atoms with Crippen molar-refractivity contribution in [3.8, 4) is 0 Å². The van der Waals surface area contributed by atoms with Gasteiger partial charge in [-0.05, 0) is 6.42 Å². The van der Waals surface area contributed by atoms with Crippen molar-refractivity contribution < 1.29 is 14.2 Å². The molecule has 0 aliphatic carbocycles. The van der Waals surface area contributed by atoms with E-state index in [4.69, 9.17) is 9.84 Å². The highest BCUT2D eigenvalue weighted by Crippen LogP contribution is 2.09. The molecule has 1 fully saturated rings. The van der Waals surface area contributed by atoms with Crippen molar-refractivity contribution in [2.45, 2.75) is 18.7 Å². The molecule has 0 aromatic rings. The third-order valence-electron chi connectivity index (χ3n) is 1.25. The zero-order valence-electron chi connectivity index (χ0n) is 4.51. The Bertz CT molecular complexity index is 66.8. The number of hydrogen-bond donors (Lipinski definition) is 1. The Balaban J connectivity index is 2.28. The van der Waals surface area contributed by atoms with Gasteiger partial charge in [-0.25, -0.2) is 4.39 Å². The number of aliphatic hydroxyl groups excluding tert-OH is 1. The molecule has 1 aliphatic rings. The summed E-state index contributed by atoms with van der Waals surface area (Å²) in [6, 6.07) is 0. The SMILES string of the molecule is OC1CCOC[C@@H]1F. The minimum Gasteiger partial charge on any atom is -0.390 e. The Hall–Kier alpha value is -0.150. The molecule has 0 aromatic carbocycles. The van der Waals surface area contributed by atoms with Gasteiger partial charge in [-0.1, -0.05) is 0 Å². The van der Waals surface area contributed by atoms with E-state index in [0.717, 1.165) is 0 Å². The first-order valence-electron chi connectivity index (χ1n) is 2.70. The van der Waals surface area contributed by atoms with E-state index in [9.17, 15) is 4.39 Å². The quantitative estimate of drug-likeness (QED) is 0.491. The first-order valence-corrected chi connectivity index (χ1v) is 2.70. The maximum atomic E-state index is 12.2. The Kier molecular flexibility index (Phi) is 1.81. The van der Waals surface area contributed by atoms with Crippen molar-refractivity contribution in [2.75, 3.05) is 13.2 Å². The van der Waals surface area contributed by atoms with Crippen LogP contribution in [0, 0.1) is 0 Å². The van der Waals surface area contributed by atoms with Crippen LogP contribution in [0.5, 0.6) is 0 Å². The molecular weight excluding hydrogens is 111 g/mol. The highest BCUT2D eigenvalue weighted by Gasteiger charge is 2.22. The fraction of sp³-hybridized carbons (Fsp3) is 1.00. The van der Waals surface area contributed by atoms with Crippen molar-refractivity contribution in [1.82, 2.24) is 0 Å². The number of hydrogen-bond acceptors (Lipinski definition) is 2. The van der Waals surface area contributed by atoms with Crippen molar-refractivity contribution >= 4 is 0 Å². The topological polar surface area (TPSA) is 29.5 Å². The Labute approximate surface area is 47.3 Å². The number of rotatable bonds is 0. The van der Waals surface area contributed by atoms with Gasteiger partial charge in [-0.2, -0.15) is 0 Å². The van der Waals surface area contributed by atoms with Crippen LogP contribution >= 0.6 is 0 Å². The van der Waals surface area contributed by atoms with Crippen LogP contribution in [0.2, 0.25) is 0 Å². The normalized spacial score (nSPS) is 39.8. The van der Waals surface area contributed by atoms with Gasteiger partial charge in [0.15, 0.2) is 0 Å². The maximum absolute atomic E-state index is 12.2. The van der Waals surface area contributed by atoms with E-state index in [-0.39, 0.29) is 6.61 Å². The second-order valence-corrected chi connectivity index (χ2v) is 1.95. The molecule has 2 atom stereocenters. The number of alkyl halides is 1. The second-order valence-electron chi connectivity index (χ2n) is 1.95. The van der Waals surface area contributed by atoms with Gasteiger partial charge >= 0.3 is 0 Å². The highest BCUT2D eigenvalue weighted by atomic mass is 19.1. The molecule has 0 saturated carbocycles. The molecule has 8 heavy (non-hydrogen) atoms. The van der Waals surface area contributed by atoms with Gasteiger partial charge in [0.05, 0.1) is 12.7 Å². The molecule has 2 nitrogen and oxygen atoms in total. The molecule has 3 heteroatoms. The summed E-state index contributed by atoms with van der Waals surface area (Å²) in [4.78, 5) is 0. The van der Waals surface area contributed by atoms with Crippen molar-refractivity contribution in [3.05, 3.63) is 0 Å². The lowest BCUT2D eigenvalue weighted by Gasteiger charge is -2.20. The second kappa shape index (κ2) is 2.42. The van der Waals surface area contributed by atoms with Crippen LogP contribution in [0.1, 0.15) is 6.42 Å². The van der Waals surface area contributed by atoms with Gasteiger partial charge in [-0.3, -0.25) is 0 Å². The summed E-state index contributed by atoms with van der Waals surface area (Å²) in [5.74, 6) is 0. The van der Waals surface area contributed by atoms with Gasteiger partial charge in [-0.15, -0.1) is 0 Å². The zero-order chi connectivity index (χ0) is 5.98. The van der Waals surface area contributed by atoms with E-state index in [1.54, 1.807) is 0 Å². The van der Waals surface area contributed by atoms with Gasteiger partial charge in [0.25, 0.3) is 0 Å². The average Bonchev–Trinajstić information content (AvgIpc) is 1.77. The van der Waals surface area contributed by atoms with Crippen molar-refractivity contribution in [1.29, 1.82) is 0 Å². The molecule has 0 radical (unpaired) electrons. The largest absolute Gasteiger partial charge is 0.390 e. The number of halogens is 1. The minimum atomic E-state index is -1.16. The molecule has 48 valence electrons. The highest BCUT2D eigenvalue weighted by molar-refractivity contribution is 4.70. The van der Waals surface area contributed by atoms with E-state index < -0.39 is 12.3 Å². The lowest BCUT2D eigenvalue weighted by atomic mass is 10.1. The summed E-state index contributed by atoms with van der Waals surface area (Å²) < 4.78 is 16.9. The third kappa shape index (κ3) is 1.17. The standard InChI is InChI=1S/C5H9FO2/c6-4-3-8-2-1-5(4)7/h4-5,7H,1-3H2/t4-,5?/m0/s1. The Morgan fingerprint density at radius 3 is 2.75 bits per heavy atom. The van der Waals surface area contributed by atoms with Gasteiger partial charge in [0.1, 0.15) is 6.17 Å². The molecule has 1 rings (SSSR count). The predicted molar refractivity (Wildman–Crippen MR) is 26.3 cm³/mol. The van der Waals surface area contributed by atoms with Crippen LogP contribution in [0.25, 0.3) is 0 Å². The molecule has 1 N–H and O–H groups in total. The van der Waals surface area contributed by atoms with Crippen LogP contribution in [0.4, 0.5) is 4.39 Å². The lowest BCUT2D eigenvalue weighted by Crippen LogP contribution is -2.32. The molecule has 1 saturated heterocycles. The summed E-state index contributed by atoms with van der Waals surface area (Å²) >= 11 is 0. The molecule has 0 spiro atoms. The first-order chi connectivity index (χ1) is 3.80. The van der Waals surface area contributed by atoms with E-state index >= 15 is 0 Å². The summed E-state index contributed by atoms with van der Waals surface area (Å²) in [6.07, 6.45) is -1.52.